The van der Waals surface area contributed by atoms with Crippen molar-refractivity contribution in [1.82, 2.24) is 0 Å². The molecular weight excluding hydrogens is 310 g/mol. The topological polar surface area (TPSA) is 12.0 Å². The predicted molar refractivity (Wildman–Crippen MR) is 82.2 cm³/mol. The van der Waals surface area contributed by atoms with E-state index in [0.29, 0.717) is 6.04 Å². The molecule has 3 heteroatoms. The Labute approximate surface area is 121 Å². The van der Waals surface area contributed by atoms with E-state index >= 15 is 0 Å². The van der Waals surface area contributed by atoms with Gasteiger partial charge in [-0.3, -0.25) is 0 Å². The summed E-state index contributed by atoms with van der Waals surface area (Å²) in [5.41, 5.74) is 2.33. The molecule has 0 amide bonds. The minimum Gasteiger partial charge on any atom is -0.378 e. The third kappa shape index (κ3) is 3.50. The van der Waals surface area contributed by atoms with Crippen LogP contribution in [0.5, 0.6) is 0 Å². The highest BCUT2D eigenvalue weighted by molar-refractivity contribution is 9.10. The fourth-order valence-electron chi connectivity index (χ4n) is 1.90. The quantitative estimate of drug-likeness (QED) is 0.764. The van der Waals surface area contributed by atoms with Crippen LogP contribution in [0.15, 0.2) is 53.0 Å². The van der Waals surface area contributed by atoms with Crippen molar-refractivity contribution in [3.05, 3.63) is 63.6 Å². The summed E-state index contributed by atoms with van der Waals surface area (Å²) in [6, 6.07) is 16.5. The van der Waals surface area contributed by atoms with Crippen molar-refractivity contribution in [3.8, 4) is 0 Å². The van der Waals surface area contributed by atoms with Gasteiger partial charge >= 0.3 is 0 Å². The molecule has 0 aliphatic heterocycles. The molecule has 2 aromatic rings. The van der Waals surface area contributed by atoms with Gasteiger partial charge in [0, 0.05) is 15.2 Å². The van der Waals surface area contributed by atoms with Gasteiger partial charge in [-0.2, -0.15) is 0 Å². The zero-order valence-electron chi connectivity index (χ0n) is 10.2. The first kappa shape index (κ1) is 13.4. The maximum atomic E-state index is 5.99. The van der Waals surface area contributed by atoms with Crippen LogP contribution in [0.2, 0.25) is 5.02 Å². The molecule has 0 spiro atoms. The van der Waals surface area contributed by atoms with Crippen molar-refractivity contribution >= 4 is 33.2 Å². The highest BCUT2D eigenvalue weighted by Gasteiger charge is 2.08. The first-order valence-corrected chi connectivity index (χ1v) is 7.13. The molecule has 0 aliphatic rings. The van der Waals surface area contributed by atoms with Gasteiger partial charge in [0.05, 0.1) is 6.04 Å². The SMILES string of the molecule is CCC(Nc1cccc(Cl)c1)c1ccc(Br)cc1. The van der Waals surface area contributed by atoms with Crippen LogP contribution in [0.1, 0.15) is 24.9 Å². The minimum atomic E-state index is 0.302. The van der Waals surface area contributed by atoms with E-state index in [-0.39, 0.29) is 0 Å². The lowest BCUT2D eigenvalue weighted by molar-refractivity contribution is 0.749. The van der Waals surface area contributed by atoms with E-state index in [9.17, 15) is 0 Å². The van der Waals surface area contributed by atoms with Crippen LogP contribution in [0, 0.1) is 0 Å². The van der Waals surface area contributed by atoms with Crippen LogP contribution in [0.4, 0.5) is 5.69 Å². The van der Waals surface area contributed by atoms with Gasteiger partial charge in [-0.05, 0) is 42.3 Å². The van der Waals surface area contributed by atoms with Crippen molar-refractivity contribution < 1.29 is 0 Å². The molecule has 0 bridgehead atoms. The molecule has 0 saturated carbocycles. The second-order valence-corrected chi connectivity index (χ2v) is 5.52. The van der Waals surface area contributed by atoms with E-state index in [1.54, 1.807) is 0 Å². The summed E-state index contributed by atoms with van der Waals surface area (Å²) in [4.78, 5) is 0. The minimum absolute atomic E-state index is 0.302. The fraction of sp³-hybridized carbons (Fsp3) is 0.200. The highest BCUT2D eigenvalue weighted by atomic mass is 79.9. The average molecular weight is 325 g/mol. The van der Waals surface area contributed by atoms with Gasteiger partial charge < -0.3 is 5.32 Å². The Bertz CT molecular complexity index is 510. The molecule has 94 valence electrons. The van der Waals surface area contributed by atoms with Crippen LogP contribution in [-0.4, -0.2) is 0 Å². The molecule has 0 heterocycles. The second-order valence-electron chi connectivity index (χ2n) is 4.17. The van der Waals surface area contributed by atoms with Crippen LogP contribution < -0.4 is 5.32 Å². The standard InChI is InChI=1S/C15H15BrClN/c1-2-15(11-6-8-12(16)9-7-11)18-14-5-3-4-13(17)10-14/h3-10,15,18H,2H2,1H3. The van der Waals surface area contributed by atoms with E-state index in [0.717, 1.165) is 21.6 Å². The fourth-order valence-corrected chi connectivity index (χ4v) is 2.35. The van der Waals surface area contributed by atoms with Gasteiger partial charge in [0.15, 0.2) is 0 Å². The van der Waals surface area contributed by atoms with Gasteiger partial charge in [-0.1, -0.05) is 52.7 Å². The third-order valence-electron chi connectivity index (χ3n) is 2.85. The number of anilines is 1. The second kappa shape index (κ2) is 6.26. The molecule has 2 aromatic carbocycles. The zero-order chi connectivity index (χ0) is 13.0. The molecular formula is C15H15BrClN. The summed E-state index contributed by atoms with van der Waals surface area (Å²) in [5, 5.41) is 4.26. The Kier molecular flexibility index (Phi) is 4.67. The summed E-state index contributed by atoms with van der Waals surface area (Å²) in [6.45, 7) is 2.17. The summed E-state index contributed by atoms with van der Waals surface area (Å²) in [5.74, 6) is 0. The van der Waals surface area contributed by atoms with Gasteiger partial charge in [-0.15, -0.1) is 0 Å². The number of hydrogen-bond acceptors (Lipinski definition) is 1. The maximum absolute atomic E-state index is 5.99. The number of benzene rings is 2. The summed E-state index contributed by atoms with van der Waals surface area (Å²) in [7, 11) is 0. The van der Waals surface area contributed by atoms with Crippen LogP contribution >= 0.6 is 27.5 Å². The lowest BCUT2D eigenvalue weighted by atomic mass is 10.0. The molecule has 18 heavy (non-hydrogen) atoms. The first-order valence-electron chi connectivity index (χ1n) is 5.96. The van der Waals surface area contributed by atoms with Gasteiger partial charge in [0.1, 0.15) is 0 Å². The molecule has 2 rings (SSSR count). The molecule has 0 radical (unpaired) electrons. The van der Waals surface area contributed by atoms with E-state index in [1.165, 1.54) is 5.56 Å². The van der Waals surface area contributed by atoms with Gasteiger partial charge in [0.2, 0.25) is 0 Å². The Hall–Kier alpha value is -0.990. The largest absolute Gasteiger partial charge is 0.378 e. The van der Waals surface area contributed by atoms with E-state index in [4.69, 9.17) is 11.6 Å². The number of halogens is 2. The van der Waals surface area contributed by atoms with Crippen molar-refractivity contribution in [2.45, 2.75) is 19.4 Å². The Morgan fingerprint density at radius 3 is 2.50 bits per heavy atom. The summed E-state index contributed by atoms with van der Waals surface area (Å²) < 4.78 is 1.10. The Morgan fingerprint density at radius 1 is 1.17 bits per heavy atom. The van der Waals surface area contributed by atoms with Crippen LogP contribution in [-0.2, 0) is 0 Å². The van der Waals surface area contributed by atoms with Crippen LogP contribution in [0.3, 0.4) is 0 Å². The van der Waals surface area contributed by atoms with Crippen molar-refractivity contribution in [3.63, 3.8) is 0 Å². The number of hydrogen-bond donors (Lipinski definition) is 1. The maximum Gasteiger partial charge on any atom is 0.0511 e. The molecule has 0 saturated heterocycles. The van der Waals surface area contributed by atoms with E-state index in [1.807, 2.05) is 24.3 Å². The predicted octanol–water partition coefficient (Wildman–Crippen LogP) is 5.67. The normalized spacial score (nSPS) is 12.2. The molecule has 0 aromatic heterocycles. The third-order valence-corrected chi connectivity index (χ3v) is 3.61. The van der Waals surface area contributed by atoms with Gasteiger partial charge in [0.25, 0.3) is 0 Å². The van der Waals surface area contributed by atoms with E-state index in [2.05, 4.69) is 52.4 Å². The Balaban J connectivity index is 2.17. The summed E-state index contributed by atoms with van der Waals surface area (Å²) >= 11 is 9.45. The van der Waals surface area contributed by atoms with Crippen molar-refractivity contribution in [2.75, 3.05) is 5.32 Å². The number of nitrogens with one attached hydrogen (secondary N) is 1. The molecule has 1 nitrogen and oxygen atoms in total. The molecule has 1 N–H and O–H groups in total. The lowest BCUT2D eigenvalue weighted by Gasteiger charge is -2.19. The highest BCUT2D eigenvalue weighted by Crippen LogP contribution is 2.25. The molecule has 0 fully saturated rings. The van der Waals surface area contributed by atoms with Crippen molar-refractivity contribution in [2.24, 2.45) is 0 Å². The first-order chi connectivity index (χ1) is 8.69. The lowest BCUT2D eigenvalue weighted by Crippen LogP contribution is -2.09. The molecule has 0 aliphatic carbocycles. The van der Waals surface area contributed by atoms with E-state index < -0.39 is 0 Å². The summed E-state index contributed by atoms with van der Waals surface area (Å²) in [6.07, 6.45) is 1.02. The molecule has 1 unspecified atom stereocenters. The zero-order valence-corrected chi connectivity index (χ0v) is 12.5. The van der Waals surface area contributed by atoms with Gasteiger partial charge in [-0.25, -0.2) is 0 Å². The smallest absolute Gasteiger partial charge is 0.0511 e. The monoisotopic (exact) mass is 323 g/mol. The average Bonchev–Trinajstić information content (AvgIpc) is 2.37. The van der Waals surface area contributed by atoms with Crippen LogP contribution in [0.25, 0.3) is 0 Å². The number of rotatable bonds is 4. The van der Waals surface area contributed by atoms with Crippen molar-refractivity contribution in [1.29, 1.82) is 0 Å². The molecule has 1 atom stereocenters. The Morgan fingerprint density at radius 2 is 1.89 bits per heavy atom.